The summed E-state index contributed by atoms with van der Waals surface area (Å²) in [6, 6.07) is 2.96. The van der Waals surface area contributed by atoms with Crippen LogP contribution in [0.15, 0.2) is 18.3 Å². The summed E-state index contributed by atoms with van der Waals surface area (Å²) in [7, 11) is 1.58. The Morgan fingerprint density at radius 2 is 2.03 bits per heavy atom. The lowest BCUT2D eigenvalue weighted by atomic mass is 10.1. The van der Waals surface area contributed by atoms with Crippen molar-refractivity contribution >= 4 is 41.1 Å². The maximum absolute atomic E-state index is 13.4. The average Bonchev–Trinajstić information content (AvgIpc) is 3.29. The number of carbonyl (C=O) groups is 2. The number of aromatic nitrogens is 4. The molecule has 0 bridgehead atoms. The maximum atomic E-state index is 13.4. The highest BCUT2D eigenvalue weighted by Gasteiger charge is 2.37. The minimum atomic E-state index is -1.11. The molecule has 32 heavy (non-hydrogen) atoms. The van der Waals surface area contributed by atoms with E-state index in [1.807, 2.05) is 13.8 Å². The van der Waals surface area contributed by atoms with Crippen LogP contribution in [0.25, 0.3) is 11.6 Å². The summed E-state index contributed by atoms with van der Waals surface area (Å²) in [6.45, 7) is 3.85. The number of rotatable bonds is 5. The standard InChI is InChI=1S/C21H21N7O4/c1-9-7-24-14(10(2)16(9)32-3)8-28-18-15(17(22)26-21(23)27-18)12(19(28)29)6-11-4-5-13(25-11)20(30)31/h4-7,25H,8H2,1-3H3,(H,30,31)(H4,22,23,26,27)/b12-6-. The van der Waals surface area contributed by atoms with Crippen LogP contribution >= 0.6 is 0 Å². The summed E-state index contributed by atoms with van der Waals surface area (Å²) in [6.07, 6.45) is 3.19. The van der Waals surface area contributed by atoms with Crippen molar-refractivity contribution in [1.82, 2.24) is 19.9 Å². The van der Waals surface area contributed by atoms with Gasteiger partial charge in [0.2, 0.25) is 5.95 Å². The Balaban J connectivity index is 1.81. The van der Waals surface area contributed by atoms with Gasteiger partial charge in [0, 0.05) is 23.0 Å². The van der Waals surface area contributed by atoms with Gasteiger partial charge in [0.05, 0.1) is 30.5 Å². The van der Waals surface area contributed by atoms with Crippen molar-refractivity contribution in [2.45, 2.75) is 20.4 Å². The molecule has 4 heterocycles. The molecular weight excluding hydrogens is 414 g/mol. The summed E-state index contributed by atoms with van der Waals surface area (Å²) in [4.78, 5) is 41.4. The normalized spacial score (nSPS) is 14.2. The number of H-pyrrole nitrogens is 1. The van der Waals surface area contributed by atoms with E-state index in [1.54, 1.807) is 19.4 Å². The zero-order valence-corrected chi connectivity index (χ0v) is 17.6. The van der Waals surface area contributed by atoms with Gasteiger partial charge in [0.25, 0.3) is 5.91 Å². The fourth-order valence-corrected chi connectivity index (χ4v) is 3.72. The molecule has 0 atom stereocenters. The fraction of sp³-hybridized carbons (Fsp3) is 0.190. The van der Waals surface area contributed by atoms with E-state index >= 15 is 0 Å². The number of aromatic amines is 1. The molecule has 11 heteroatoms. The fourth-order valence-electron chi connectivity index (χ4n) is 3.72. The van der Waals surface area contributed by atoms with Crippen LogP contribution in [0.3, 0.4) is 0 Å². The van der Waals surface area contributed by atoms with E-state index in [-0.39, 0.29) is 41.3 Å². The van der Waals surface area contributed by atoms with Crippen molar-refractivity contribution in [3.8, 4) is 5.75 Å². The molecule has 4 rings (SSSR count). The molecule has 0 radical (unpaired) electrons. The van der Waals surface area contributed by atoms with Gasteiger partial charge in [-0.2, -0.15) is 9.97 Å². The Bertz CT molecular complexity index is 1300. The van der Waals surface area contributed by atoms with Crippen LogP contribution in [0.5, 0.6) is 5.75 Å². The highest BCUT2D eigenvalue weighted by molar-refractivity contribution is 6.36. The first-order valence-corrected chi connectivity index (χ1v) is 9.59. The number of hydrogen-bond acceptors (Lipinski definition) is 8. The summed E-state index contributed by atoms with van der Waals surface area (Å²) in [5.74, 6) is -0.576. The largest absolute Gasteiger partial charge is 0.496 e. The van der Waals surface area contributed by atoms with Gasteiger partial charge in [0.15, 0.2) is 5.82 Å². The molecule has 0 spiro atoms. The molecule has 0 fully saturated rings. The smallest absolute Gasteiger partial charge is 0.352 e. The number of nitrogens with two attached hydrogens (primary N) is 2. The number of carbonyl (C=O) groups excluding carboxylic acids is 1. The van der Waals surface area contributed by atoms with Crippen LogP contribution in [0, 0.1) is 13.8 Å². The van der Waals surface area contributed by atoms with E-state index in [2.05, 4.69) is 19.9 Å². The number of nitrogens with one attached hydrogen (secondary N) is 1. The lowest BCUT2D eigenvalue weighted by Gasteiger charge is -2.19. The van der Waals surface area contributed by atoms with Crippen molar-refractivity contribution < 1.29 is 19.4 Å². The second kappa shape index (κ2) is 7.69. The Hall–Kier alpha value is -4.41. The Kier molecular flexibility index (Phi) is 5.01. The topological polar surface area (TPSA) is 173 Å². The van der Waals surface area contributed by atoms with Crippen molar-refractivity contribution in [1.29, 1.82) is 0 Å². The first-order valence-electron chi connectivity index (χ1n) is 9.59. The van der Waals surface area contributed by atoms with Gasteiger partial charge in [0.1, 0.15) is 17.3 Å². The van der Waals surface area contributed by atoms with E-state index in [0.717, 1.165) is 11.1 Å². The lowest BCUT2D eigenvalue weighted by molar-refractivity contribution is -0.113. The van der Waals surface area contributed by atoms with Crippen molar-refractivity contribution in [3.63, 3.8) is 0 Å². The molecule has 0 unspecified atom stereocenters. The van der Waals surface area contributed by atoms with Crippen LogP contribution in [0.4, 0.5) is 17.6 Å². The number of ether oxygens (including phenoxy) is 1. The molecule has 0 aliphatic carbocycles. The number of aryl methyl sites for hydroxylation is 1. The first-order chi connectivity index (χ1) is 15.2. The average molecular weight is 435 g/mol. The maximum Gasteiger partial charge on any atom is 0.352 e. The van der Waals surface area contributed by atoms with Crippen LogP contribution in [-0.4, -0.2) is 44.0 Å². The van der Waals surface area contributed by atoms with Gasteiger partial charge < -0.3 is 26.3 Å². The number of nitrogen functional groups attached to an aromatic ring is 2. The van der Waals surface area contributed by atoms with Crippen LogP contribution < -0.4 is 21.1 Å². The molecule has 1 aliphatic rings. The van der Waals surface area contributed by atoms with E-state index in [9.17, 15) is 9.59 Å². The molecular formula is C21H21N7O4. The SMILES string of the molecule is COc1c(C)cnc(CN2C(=O)/C(=C\c3ccc(C(=O)O)[nH]3)c3c(N)nc(N)nc32)c1C. The predicted octanol–water partition coefficient (Wildman–Crippen LogP) is 1.78. The van der Waals surface area contributed by atoms with E-state index < -0.39 is 5.97 Å². The van der Waals surface area contributed by atoms with Gasteiger partial charge in [-0.25, -0.2) is 4.79 Å². The Labute approximate surface area is 182 Å². The summed E-state index contributed by atoms with van der Waals surface area (Å²) in [5.41, 5.74) is 15.1. The zero-order valence-electron chi connectivity index (χ0n) is 17.6. The second-order valence-electron chi connectivity index (χ2n) is 7.29. The number of hydrogen-bond donors (Lipinski definition) is 4. The van der Waals surface area contributed by atoms with Crippen molar-refractivity contribution in [2.75, 3.05) is 23.5 Å². The Morgan fingerprint density at radius 3 is 2.69 bits per heavy atom. The van der Waals surface area contributed by atoms with Crippen LogP contribution in [0.2, 0.25) is 0 Å². The number of carboxylic acids is 1. The molecule has 0 saturated carbocycles. The van der Waals surface area contributed by atoms with Gasteiger partial charge in [-0.3, -0.25) is 14.7 Å². The molecule has 3 aromatic rings. The molecule has 1 amide bonds. The molecule has 11 nitrogen and oxygen atoms in total. The van der Waals surface area contributed by atoms with E-state index in [1.165, 1.54) is 17.0 Å². The lowest BCUT2D eigenvalue weighted by Crippen LogP contribution is -2.27. The minimum Gasteiger partial charge on any atom is -0.496 e. The third-order valence-corrected chi connectivity index (χ3v) is 5.23. The number of anilines is 3. The number of fused-ring (bicyclic) bond motifs is 1. The number of methoxy groups -OCH3 is 1. The van der Waals surface area contributed by atoms with Gasteiger partial charge >= 0.3 is 5.97 Å². The van der Waals surface area contributed by atoms with Crippen molar-refractivity contribution in [2.24, 2.45) is 0 Å². The predicted molar refractivity (Wildman–Crippen MR) is 118 cm³/mol. The number of nitrogens with zero attached hydrogens (tertiary/aromatic N) is 4. The summed E-state index contributed by atoms with van der Waals surface area (Å²) in [5, 5.41) is 9.14. The van der Waals surface area contributed by atoms with Crippen LogP contribution in [0.1, 0.15) is 38.6 Å². The second-order valence-corrected chi connectivity index (χ2v) is 7.29. The molecule has 0 aromatic carbocycles. The molecule has 1 aliphatic heterocycles. The quantitative estimate of drug-likeness (QED) is 0.435. The van der Waals surface area contributed by atoms with Crippen LogP contribution in [-0.2, 0) is 11.3 Å². The number of amides is 1. The molecule has 164 valence electrons. The van der Waals surface area contributed by atoms with Gasteiger partial charge in [-0.05, 0) is 32.1 Å². The number of carboxylic acid groups (broad SMARTS) is 1. The zero-order chi connectivity index (χ0) is 23.2. The van der Waals surface area contributed by atoms with E-state index in [0.29, 0.717) is 22.7 Å². The third-order valence-electron chi connectivity index (χ3n) is 5.23. The molecule has 0 saturated heterocycles. The number of pyridine rings is 1. The highest BCUT2D eigenvalue weighted by Crippen LogP contribution is 2.41. The third kappa shape index (κ3) is 3.39. The monoisotopic (exact) mass is 435 g/mol. The summed E-state index contributed by atoms with van der Waals surface area (Å²) < 4.78 is 5.46. The minimum absolute atomic E-state index is 0.00696. The van der Waals surface area contributed by atoms with E-state index in [4.69, 9.17) is 21.3 Å². The Morgan fingerprint density at radius 1 is 1.28 bits per heavy atom. The molecule has 3 aromatic heterocycles. The first kappa shape index (κ1) is 20.8. The number of aromatic carboxylic acids is 1. The van der Waals surface area contributed by atoms with Crippen molar-refractivity contribution in [3.05, 3.63) is 52.1 Å². The van der Waals surface area contributed by atoms with Gasteiger partial charge in [-0.15, -0.1) is 0 Å². The van der Waals surface area contributed by atoms with Gasteiger partial charge in [-0.1, -0.05) is 0 Å². The summed E-state index contributed by atoms with van der Waals surface area (Å²) >= 11 is 0. The highest BCUT2D eigenvalue weighted by atomic mass is 16.5. The molecule has 6 N–H and O–H groups in total.